The molecule has 0 saturated heterocycles. The summed E-state index contributed by atoms with van der Waals surface area (Å²) in [4.78, 5) is 0. The number of hydrogen-bond acceptors (Lipinski definition) is 0. The largest absolute Gasteiger partial charge is 1.00 e. The molecule has 0 N–H and O–H groups in total. The quantitative estimate of drug-likeness (QED) is 0.323. The Morgan fingerprint density at radius 2 is 1.31 bits per heavy atom. The van der Waals surface area contributed by atoms with E-state index in [4.69, 9.17) is 0 Å². The summed E-state index contributed by atoms with van der Waals surface area (Å²) in [6.07, 6.45) is 11.0. The van der Waals surface area contributed by atoms with Gasteiger partial charge >= 0.3 is 295 Å². The van der Waals surface area contributed by atoms with Crippen molar-refractivity contribution in [2.24, 2.45) is 0 Å². The zero-order chi connectivity index (χ0) is 33.2. The van der Waals surface area contributed by atoms with Crippen LogP contribution in [0.1, 0.15) is 30.0 Å². The maximum Gasteiger partial charge on any atom is -1.00 e. The summed E-state index contributed by atoms with van der Waals surface area (Å²) in [5.41, 5.74) is 10.7. The van der Waals surface area contributed by atoms with Gasteiger partial charge in [-0.05, 0) is 0 Å². The zero-order valence-corrected chi connectivity index (χ0v) is 37.7. The van der Waals surface area contributed by atoms with E-state index in [2.05, 4.69) is 170 Å². The Morgan fingerprint density at radius 3 is 1.77 bits per heavy atom. The van der Waals surface area contributed by atoms with Crippen LogP contribution in [0.15, 0.2) is 119 Å². The van der Waals surface area contributed by atoms with E-state index >= 15 is 0 Å². The molecule has 6 rings (SSSR count). The van der Waals surface area contributed by atoms with Crippen LogP contribution in [0.25, 0.3) is 8.85 Å². The number of rotatable bonds is 7. The molecule has 0 amide bonds. The summed E-state index contributed by atoms with van der Waals surface area (Å²) in [5, 5.41) is 6.65. The molecular formula is C42H51Cl2Si3Zr. The monoisotopic (exact) mass is 799 g/mol. The van der Waals surface area contributed by atoms with E-state index in [9.17, 15) is 0 Å². The molecule has 0 saturated carbocycles. The van der Waals surface area contributed by atoms with Crippen molar-refractivity contribution < 1.29 is 47.6 Å². The normalized spacial score (nSPS) is 18.7. The Bertz CT molecular complexity index is 1970. The van der Waals surface area contributed by atoms with Gasteiger partial charge in [0, 0.05) is 0 Å². The molecule has 0 aromatic heterocycles. The molecule has 0 radical (unpaired) electrons. The number of aryl methyl sites for hydroxylation is 1. The fourth-order valence-corrected chi connectivity index (χ4v) is 19.9. The first-order valence-electron chi connectivity index (χ1n) is 17.0. The second-order valence-electron chi connectivity index (χ2n) is 16.8. The summed E-state index contributed by atoms with van der Waals surface area (Å²) in [6, 6.07) is 27.8. The van der Waals surface area contributed by atoms with Crippen LogP contribution in [0.4, 0.5) is 0 Å². The SMILES string of the molecule is Cc1cc([Si](C)(C)C)c2c(c1)=[C]([Zr+2]=[C](c1ccccc1)c1ccccc1)C1=C(C3=CC=CC3)C(C)([Si](C)(C)C)C([Si](C)(C)C)=CC=21.[Cl-].[Cl-]. The molecule has 3 aromatic carbocycles. The van der Waals surface area contributed by atoms with Crippen molar-refractivity contribution in [3.05, 3.63) is 146 Å². The molecule has 0 aliphatic heterocycles. The van der Waals surface area contributed by atoms with Gasteiger partial charge < -0.3 is 24.8 Å². The molecule has 6 heteroatoms. The van der Waals surface area contributed by atoms with Crippen molar-refractivity contribution in [3.63, 3.8) is 0 Å². The summed E-state index contributed by atoms with van der Waals surface area (Å²) < 4.78 is 3.29. The minimum absolute atomic E-state index is 0. The summed E-state index contributed by atoms with van der Waals surface area (Å²) in [5.74, 6) is 0. The van der Waals surface area contributed by atoms with Gasteiger partial charge in [0.2, 0.25) is 0 Å². The molecule has 1 atom stereocenters. The zero-order valence-electron chi connectivity index (χ0n) is 30.7. The summed E-state index contributed by atoms with van der Waals surface area (Å²) in [6.45, 7) is 28.4. The van der Waals surface area contributed by atoms with Gasteiger partial charge in [-0.1, -0.05) is 0 Å². The van der Waals surface area contributed by atoms with Crippen LogP contribution in [-0.2, 0) is 22.8 Å². The molecule has 0 bridgehead atoms. The number of hydrogen-bond donors (Lipinski definition) is 0. The summed E-state index contributed by atoms with van der Waals surface area (Å²) >= 11 is -1.34. The second kappa shape index (κ2) is 14.2. The van der Waals surface area contributed by atoms with Gasteiger partial charge in [-0.2, -0.15) is 0 Å². The fraction of sp³-hybridized carbons (Fsp3) is 0.310. The average molecular weight is 802 g/mol. The van der Waals surface area contributed by atoms with E-state index in [0.717, 1.165) is 6.42 Å². The van der Waals surface area contributed by atoms with E-state index in [-0.39, 0.29) is 29.9 Å². The van der Waals surface area contributed by atoms with Crippen LogP contribution in [0.2, 0.25) is 64.0 Å². The van der Waals surface area contributed by atoms with Gasteiger partial charge in [0.25, 0.3) is 0 Å². The number of fused-ring (bicyclic) bond motifs is 2. The van der Waals surface area contributed by atoms with Crippen molar-refractivity contribution in [1.29, 1.82) is 0 Å². The molecule has 0 heterocycles. The van der Waals surface area contributed by atoms with Gasteiger partial charge in [-0.3, -0.25) is 0 Å². The van der Waals surface area contributed by atoms with E-state index in [0.29, 0.717) is 0 Å². The second-order valence-corrected chi connectivity index (χ2v) is 35.4. The van der Waals surface area contributed by atoms with Crippen LogP contribution in [0, 0.1) is 6.92 Å². The minimum atomic E-state index is -1.77. The molecule has 0 spiro atoms. The Kier molecular flexibility index (Phi) is 11.5. The first-order valence-corrected chi connectivity index (χ1v) is 30.0. The number of benzene rings is 3. The van der Waals surface area contributed by atoms with Crippen molar-refractivity contribution in [2.45, 2.75) is 84.2 Å². The third kappa shape index (κ3) is 6.84. The number of halogens is 2. The summed E-state index contributed by atoms with van der Waals surface area (Å²) in [7, 11) is -5.15. The molecule has 0 nitrogen and oxygen atoms in total. The maximum atomic E-state index is 2.79. The molecule has 1 unspecified atom stereocenters. The van der Waals surface area contributed by atoms with E-state index in [1.807, 2.05) is 0 Å². The smallest absolute Gasteiger partial charge is 1.00 e. The van der Waals surface area contributed by atoms with Gasteiger partial charge in [0.15, 0.2) is 0 Å². The molecular weight excluding hydrogens is 751 g/mol. The molecule has 48 heavy (non-hydrogen) atoms. The Balaban J connectivity index is 0.00000260. The average Bonchev–Trinajstić information content (AvgIpc) is 3.61. The van der Waals surface area contributed by atoms with Crippen molar-refractivity contribution in [1.82, 2.24) is 0 Å². The Labute approximate surface area is 316 Å². The van der Waals surface area contributed by atoms with Crippen LogP contribution in [-0.4, -0.2) is 27.4 Å². The Morgan fingerprint density at radius 1 is 0.750 bits per heavy atom. The fourth-order valence-electron chi connectivity index (χ4n) is 7.97. The third-order valence-electron chi connectivity index (χ3n) is 10.5. The molecule has 3 aliphatic carbocycles. The van der Waals surface area contributed by atoms with Gasteiger partial charge in [0.05, 0.1) is 0 Å². The molecule has 3 aliphatic rings. The first kappa shape index (κ1) is 39.1. The van der Waals surface area contributed by atoms with Gasteiger partial charge in [0.1, 0.15) is 0 Å². The standard InChI is InChI=1S/C29H41Si3.C13H10.2ClH.Zr/c1-20-16-22-18-24-23(27(22)25(17-20)30(3,4)5)19-26(31(6,7)8)29(2,32(9,10)11)28(24)21-14-12-13-15-21;1-3-7-12(8-4-1)11-13-9-5-2-6-10-13;;;/h12-14,16-17,19H,15H2,1-11H3;1-10H;2*1H;/q;;;;+2/p-2. The van der Waals surface area contributed by atoms with E-state index in [1.54, 1.807) is 49.6 Å². The third-order valence-corrected chi connectivity index (χ3v) is 22.5. The molecule has 3 aromatic rings. The van der Waals surface area contributed by atoms with E-state index < -0.39 is 47.0 Å². The predicted molar refractivity (Wildman–Crippen MR) is 208 cm³/mol. The van der Waals surface area contributed by atoms with Gasteiger partial charge in [-0.25, -0.2) is 0 Å². The molecule has 249 valence electrons. The van der Waals surface area contributed by atoms with Crippen LogP contribution in [0.3, 0.4) is 0 Å². The van der Waals surface area contributed by atoms with Crippen LogP contribution < -0.4 is 40.4 Å². The van der Waals surface area contributed by atoms with E-state index in [1.165, 1.54) is 16.7 Å². The van der Waals surface area contributed by atoms with Crippen molar-refractivity contribution >= 4 is 41.5 Å². The Hall–Kier alpha value is -1.66. The molecule has 0 fully saturated rings. The predicted octanol–water partition coefficient (Wildman–Crippen LogP) is 3.27. The van der Waals surface area contributed by atoms with Crippen molar-refractivity contribution in [2.75, 3.05) is 0 Å². The minimum Gasteiger partial charge on any atom is -1.00 e. The first-order chi connectivity index (χ1) is 21.5. The van der Waals surface area contributed by atoms with Gasteiger partial charge in [-0.15, -0.1) is 0 Å². The van der Waals surface area contributed by atoms with Crippen LogP contribution >= 0.6 is 0 Å². The number of allylic oxidation sites excluding steroid dienone is 8. The van der Waals surface area contributed by atoms with Crippen LogP contribution in [0.5, 0.6) is 0 Å². The van der Waals surface area contributed by atoms with Crippen molar-refractivity contribution in [3.8, 4) is 0 Å². The maximum absolute atomic E-state index is 2.79. The topological polar surface area (TPSA) is 0 Å².